The van der Waals surface area contributed by atoms with E-state index >= 15 is 0 Å². The summed E-state index contributed by atoms with van der Waals surface area (Å²) in [5.74, 6) is -0.515. The van der Waals surface area contributed by atoms with E-state index in [-0.39, 0.29) is 11.7 Å². The molecule has 0 spiro atoms. The van der Waals surface area contributed by atoms with E-state index < -0.39 is 0 Å². The van der Waals surface area contributed by atoms with Crippen molar-refractivity contribution >= 4 is 16.8 Å². The van der Waals surface area contributed by atoms with Crippen LogP contribution in [0.15, 0.2) is 48.5 Å². The molecule has 1 aliphatic rings. The van der Waals surface area contributed by atoms with Crippen LogP contribution in [-0.2, 0) is 17.8 Å². The van der Waals surface area contributed by atoms with Crippen molar-refractivity contribution in [2.75, 3.05) is 26.3 Å². The number of rotatable bonds is 5. The highest BCUT2D eigenvalue weighted by molar-refractivity contribution is 5.97. The maximum absolute atomic E-state index is 13.3. The second kappa shape index (κ2) is 7.90. The molecule has 2 heterocycles. The number of fused-ring (bicyclic) bond motifs is 1. The number of aromatic amines is 1. The van der Waals surface area contributed by atoms with Crippen LogP contribution in [0, 0.1) is 5.82 Å². The number of nitrogens with zero attached hydrogens (tertiary/aromatic N) is 1. The Bertz CT molecular complexity index is 948. The summed E-state index contributed by atoms with van der Waals surface area (Å²) in [4.78, 5) is 17.9. The molecule has 0 atom stereocenters. The van der Waals surface area contributed by atoms with Gasteiger partial charge in [0.2, 0.25) is 0 Å². The third-order valence-corrected chi connectivity index (χ3v) is 4.88. The number of aromatic nitrogens is 1. The Kier molecular flexibility index (Phi) is 5.18. The number of halogens is 1. The van der Waals surface area contributed by atoms with Gasteiger partial charge in [-0.15, -0.1) is 0 Å². The number of carbonyl (C=O) groups excluding carboxylic acids is 1. The molecule has 1 saturated heterocycles. The lowest BCUT2D eigenvalue weighted by molar-refractivity contribution is 0.0340. The highest BCUT2D eigenvalue weighted by atomic mass is 19.1. The molecule has 140 valence electrons. The lowest BCUT2D eigenvalue weighted by Crippen LogP contribution is -2.36. The highest BCUT2D eigenvalue weighted by Gasteiger charge is 2.14. The summed E-state index contributed by atoms with van der Waals surface area (Å²) in [5.41, 5.74) is 3.48. The van der Waals surface area contributed by atoms with Crippen LogP contribution in [-0.4, -0.2) is 42.1 Å². The zero-order chi connectivity index (χ0) is 18.6. The monoisotopic (exact) mass is 367 g/mol. The smallest absolute Gasteiger partial charge is 0.267 e. The van der Waals surface area contributed by atoms with E-state index in [9.17, 15) is 9.18 Å². The second-order valence-corrected chi connectivity index (χ2v) is 6.75. The fraction of sp³-hybridized carbons (Fsp3) is 0.286. The van der Waals surface area contributed by atoms with Crippen LogP contribution in [0.4, 0.5) is 4.39 Å². The zero-order valence-corrected chi connectivity index (χ0v) is 15.0. The summed E-state index contributed by atoms with van der Waals surface area (Å²) in [6, 6.07) is 14.2. The molecule has 0 unspecified atom stereocenters. The third-order valence-electron chi connectivity index (χ3n) is 4.88. The predicted octanol–water partition coefficient (Wildman–Crippen LogP) is 3.07. The van der Waals surface area contributed by atoms with Gasteiger partial charge in [0.05, 0.1) is 13.2 Å². The summed E-state index contributed by atoms with van der Waals surface area (Å²) in [7, 11) is 0. The van der Waals surface area contributed by atoms with Gasteiger partial charge in [0, 0.05) is 37.1 Å². The number of nitrogens with one attached hydrogen (secondary N) is 2. The van der Waals surface area contributed by atoms with Crippen LogP contribution >= 0.6 is 0 Å². The van der Waals surface area contributed by atoms with Crippen molar-refractivity contribution in [2.45, 2.75) is 13.1 Å². The summed E-state index contributed by atoms with van der Waals surface area (Å²) >= 11 is 0. The van der Waals surface area contributed by atoms with Gasteiger partial charge in [-0.25, -0.2) is 4.39 Å². The topological polar surface area (TPSA) is 57.4 Å². The molecule has 2 aromatic carbocycles. The molecule has 1 fully saturated rings. The first kappa shape index (κ1) is 17.7. The van der Waals surface area contributed by atoms with E-state index in [1.807, 2.05) is 18.2 Å². The van der Waals surface area contributed by atoms with E-state index in [1.54, 1.807) is 12.1 Å². The fourth-order valence-corrected chi connectivity index (χ4v) is 3.38. The van der Waals surface area contributed by atoms with Crippen molar-refractivity contribution in [2.24, 2.45) is 0 Å². The third kappa shape index (κ3) is 4.18. The highest BCUT2D eigenvalue weighted by Crippen LogP contribution is 2.17. The predicted molar refractivity (Wildman–Crippen MR) is 102 cm³/mol. The average molecular weight is 367 g/mol. The van der Waals surface area contributed by atoms with Gasteiger partial charge in [-0.1, -0.05) is 24.3 Å². The number of hydrogen-bond acceptors (Lipinski definition) is 3. The lowest BCUT2D eigenvalue weighted by atomic mass is 10.1. The van der Waals surface area contributed by atoms with Gasteiger partial charge >= 0.3 is 0 Å². The molecule has 5 nitrogen and oxygen atoms in total. The molecule has 1 aromatic heterocycles. The van der Waals surface area contributed by atoms with E-state index in [0.717, 1.165) is 43.9 Å². The first-order valence-electron chi connectivity index (χ1n) is 9.12. The van der Waals surface area contributed by atoms with Crippen molar-refractivity contribution in [1.29, 1.82) is 0 Å². The average Bonchev–Trinajstić information content (AvgIpc) is 3.11. The van der Waals surface area contributed by atoms with Crippen molar-refractivity contribution in [1.82, 2.24) is 15.2 Å². The number of benzene rings is 2. The maximum atomic E-state index is 13.3. The minimum absolute atomic E-state index is 0.201. The molecule has 6 heteroatoms. The van der Waals surface area contributed by atoms with Crippen LogP contribution in [0.5, 0.6) is 0 Å². The number of carbonyl (C=O) groups is 1. The normalized spacial score (nSPS) is 15.1. The van der Waals surface area contributed by atoms with Gasteiger partial charge in [0.15, 0.2) is 0 Å². The largest absolute Gasteiger partial charge is 0.379 e. The molecular formula is C21H22FN3O2. The quantitative estimate of drug-likeness (QED) is 0.729. The maximum Gasteiger partial charge on any atom is 0.267 e. The first-order valence-corrected chi connectivity index (χ1v) is 9.12. The van der Waals surface area contributed by atoms with Crippen molar-refractivity contribution in [3.8, 4) is 0 Å². The Morgan fingerprint density at radius 2 is 1.89 bits per heavy atom. The van der Waals surface area contributed by atoms with E-state index in [0.29, 0.717) is 17.6 Å². The number of ether oxygens (including phenoxy) is 1. The summed E-state index contributed by atoms with van der Waals surface area (Å²) < 4.78 is 18.7. The molecule has 3 aromatic rings. The number of morpholine rings is 1. The van der Waals surface area contributed by atoms with Gasteiger partial charge in [-0.3, -0.25) is 9.69 Å². The van der Waals surface area contributed by atoms with Crippen molar-refractivity contribution < 1.29 is 13.9 Å². The van der Waals surface area contributed by atoms with E-state index in [4.69, 9.17) is 4.74 Å². The second-order valence-electron chi connectivity index (χ2n) is 6.75. The Hall–Kier alpha value is -2.70. The van der Waals surface area contributed by atoms with Gasteiger partial charge in [-0.05, 0) is 35.4 Å². The van der Waals surface area contributed by atoms with E-state index in [1.165, 1.54) is 17.7 Å². The van der Waals surface area contributed by atoms with E-state index in [2.05, 4.69) is 21.3 Å². The zero-order valence-electron chi connectivity index (χ0n) is 15.0. The molecule has 0 saturated carbocycles. The molecule has 0 radical (unpaired) electrons. The Labute approximate surface area is 157 Å². The molecule has 0 bridgehead atoms. The van der Waals surface area contributed by atoms with Gasteiger partial charge < -0.3 is 15.0 Å². The number of amides is 1. The van der Waals surface area contributed by atoms with Crippen molar-refractivity contribution in [3.63, 3.8) is 0 Å². The molecule has 27 heavy (non-hydrogen) atoms. The summed E-state index contributed by atoms with van der Waals surface area (Å²) in [6.45, 7) is 4.67. The Morgan fingerprint density at radius 3 is 2.70 bits per heavy atom. The minimum Gasteiger partial charge on any atom is -0.379 e. The van der Waals surface area contributed by atoms with Crippen LogP contribution in [0.1, 0.15) is 21.6 Å². The van der Waals surface area contributed by atoms with Gasteiger partial charge in [0.1, 0.15) is 11.5 Å². The molecular weight excluding hydrogens is 345 g/mol. The molecule has 1 amide bonds. The fourth-order valence-electron chi connectivity index (χ4n) is 3.38. The summed E-state index contributed by atoms with van der Waals surface area (Å²) in [6.07, 6.45) is 0. The number of hydrogen-bond donors (Lipinski definition) is 2. The lowest BCUT2D eigenvalue weighted by Gasteiger charge is -2.27. The molecule has 1 aliphatic heterocycles. The standard InChI is InChI=1S/C21H22FN3O2/c22-18-5-6-19-17(11-18)12-20(24-19)21(26)23-13-15-3-1-2-4-16(15)14-25-7-9-27-10-8-25/h1-6,11-12,24H,7-10,13-14H2,(H,23,26). The van der Waals surface area contributed by atoms with Crippen LogP contribution in [0.25, 0.3) is 10.9 Å². The van der Waals surface area contributed by atoms with Crippen LogP contribution in [0.3, 0.4) is 0 Å². The Balaban J connectivity index is 1.43. The summed E-state index contributed by atoms with van der Waals surface area (Å²) in [5, 5.41) is 3.65. The Morgan fingerprint density at radius 1 is 1.11 bits per heavy atom. The van der Waals surface area contributed by atoms with Crippen molar-refractivity contribution in [3.05, 3.63) is 71.2 Å². The SMILES string of the molecule is O=C(NCc1ccccc1CN1CCOCC1)c1cc2cc(F)ccc2[nH]1. The van der Waals surface area contributed by atoms with Crippen LogP contribution in [0.2, 0.25) is 0 Å². The molecule has 2 N–H and O–H groups in total. The number of H-pyrrole nitrogens is 1. The first-order chi connectivity index (χ1) is 13.2. The van der Waals surface area contributed by atoms with Gasteiger partial charge in [0.25, 0.3) is 5.91 Å². The minimum atomic E-state index is -0.314. The molecule has 0 aliphatic carbocycles. The van der Waals surface area contributed by atoms with Crippen LogP contribution < -0.4 is 5.32 Å². The molecule has 4 rings (SSSR count). The van der Waals surface area contributed by atoms with Gasteiger partial charge in [-0.2, -0.15) is 0 Å².